The van der Waals surface area contributed by atoms with Crippen molar-refractivity contribution < 1.29 is 4.79 Å². The summed E-state index contributed by atoms with van der Waals surface area (Å²) in [6.45, 7) is 2.13. The quantitative estimate of drug-likeness (QED) is 0.204. The van der Waals surface area contributed by atoms with Crippen LogP contribution in [0, 0.1) is 11.3 Å². The van der Waals surface area contributed by atoms with Crippen LogP contribution in [-0.4, -0.2) is 31.3 Å². The van der Waals surface area contributed by atoms with Crippen molar-refractivity contribution in [3.63, 3.8) is 0 Å². The third kappa shape index (κ3) is 5.63. The van der Waals surface area contributed by atoms with Crippen molar-refractivity contribution in [1.82, 2.24) is 19.7 Å². The molecule has 7 nitrogen and oxygen atoms in total. The predicted molar refractivity (Wildman–Crippen MR) is 133 cm³/mol. The van der Waals surface area contributed by atoms with Crippen LogP contribution in [0.4, 0.5) is 0 Å². The average Bonchev–Trinajstić information content (AvgIpc) is 3.40. The largest absolute Gasteiger partial charge is 0.401 e. The molecule has 0 spiro atoms. The molecule has 0 radical (unpaired) electrons. The van der Waals surface area contributed by atoms with Gasteiger partial charge in [-0.05, 0) is 24.6 Å². The molecule has 0 atom stereocenters. The van der Waals surface area contributed by atoms with Gasteiger partial charge in [0.05, 0.1) is 28.3 Å². The molecule has 0 fully saturated rings. The minimum absolute atomic E-state index is 0.0109. The lowest BCUT2D eigenvalue weighted by molar-refractivity contribution is -0.112. The van der Waals surface area contributed by atoms with Crippen LogP contribution >= 0.6 is 34.9 Å². The summed E-state index contributed by atoms with van der Waals surface area (Å²) < 4.78 is 4.13. The number of benzene rings is 2. The Morgan fingerprint density at radius 1 is 1.12 bits per heavy atom. The number of allylic oxidation sites excluding steroid dienone is 2. The predicted octanol–water partition coefficient (Wildman–Crippen LogP) is 4.65. The normalized spacial score (nSPS) is 11.9. The van der Waals surface area contributed by atoms with E-state index in [1.54, 1.807) is 30.0 Å². The first-order valence-electron chi connectivity index (χ1n) is 10.0. The van der Waals surface area contributed by atoms with E-state index in [0.717, 1.165) is 25.9 Å². The average molecular weight is 493 g/mol. The number of nitrogens with two attached hydrogens (primary N) is 1. The van der Waals surface area contributed by atoms with Crippen LogP contribution in [0.5, 0.6) is 0 Å². The van der Waals surface area contributed by atoms with Gasteiger partial charge in [-0.3, -0.25) is 4.79 Å². The number of hydrogen-bond donors (Lipinski definition) is 1. The third-order valence-corrected chi connectivity index (χ3v) is 7.84. The molecule has 2 aromatic heterocycles. The molecule has 166 valence electrons. The molecular weight excluding hydrogens is 472 g/mol. The van der Waals surface area contributed by atoms with Gasteiger partial charge in [0.25, 0.3) is 0 Å². The number of aromatic nitrogens is 4. The Balaban J connectivity index is 1.54. The zero-order valence-corrected chi connectivity index (χ0v) is 20.2. The second kappa shape index (κ2) is 10.7. The van der Waals surface area contributed by atoms with Gasteiger partial charge in [0.15, 0.2) is 15.3 Å². The first kappa shape index (κ1) is 23.0. The number of para-hydroxylation sites is 1. The monoisotopic (exact) mass is 492 g/mol. The zero-order valence-electron chi connectivity index (χ0n) is 17.8. The van der Waals surface area contributed by atoms with E-state index in [2.05, 4.69) is 21.2 Å². The van der Waals surface area contributed by atoms with Gasteiger partial charge in [0.1, 0.15) is 17.5 Å². The van der Waals surface area contributed by atoms with Crippen molar-refractivity contribution in [3.05, 3.63) is 77.3 Å². The summed E-state index contributed by atoms with van der Waals surface area (Å²) in [5.41, 5.74) is 7.97. The van der Waals surface area contributed by atoms with Gasteiger partial charge in [0, 0.05) is 5.70 Å². The van der Waals surface area contributed by atoms with E-state index in [4.69, 9.17) is 5.73 Å². The third-order valence-electron chi connectivity index (χ3n) is 4.69. The molecule has 0 saturated carbocycles. The molecule has 2 aromatic carbocycles. The molecule has 0 bridgehead atoms. The number of nitriles is 1. The van der Waals surface area contributed by atoms with Crippen molar-refractivity contribution in [3.8, 4) is 6.07 Å². The van der Waals surface area contributed by atoms with Crippen molar-refractivity contribution in [2.75, 3.05) is 5.75 Å². The van der Waals surface area contributed by atoms with Crippen molar-refractivity contribution in [2.45, 2.75) is 28.7 Å². The van der Waals surface area contributed by atoms with Gasteiger partial charge in [-0.25, -0.2) is 4.98 Å². The molecule has 4 aromatic rings. The summed E-state index contributed by atoms with van der Waals surface area (Å²) in [6, 6.07) is 20.0. The summed E-state index contributed by atoms with van der Waals surface area (Å²) in [6.07, 6.45) is 0. The SMILES string of the molecule is C/C(N)=C(/C#N)C(=O)CSc1nnc(CSc2nc3ccccc3s2)n1Cc1ccccc1. The number of nitrogens with zero attached hydrogens (tertiary/aromatic N) is 5. The van der Waals surface area contributed by atoms with Crippen molar-refractivity contribution >= 4 is 50.9 Å². The summed E-state index contributed by atoms with van der Waals surface area (Å²) in [5, 5.41) is 18.5. The molecule has 33 heavy (non-hydrogen) atoms. The number of rotatable bonds is 9. The van der Waals surface area contributed by atoms with Gasteiger partial charge in [0.2, 0.25) is 0 Å². The Kier molecular flexibility index (Phi) is 7.44. The molecule has 0 aliphatic rings. The van der Waals surface area contributed by atoms with Gasteiger partial charge in [-0.1, -0.05) is 66.0 Å². The van der Waals surface area contributed by atoms with Crippen molar-refractivity contribution in [2.24, 2.45) is 5.73 Å². The molecule has 4 rings (SSSR count). The summed E-state index contributed by atoms with van der Waals surface area (Å²) >= 11 is 4.53. The molecule has 2 heterocycles. The maximum absolute atomic E-state index is 12.4. The van der Waals surface area contributed by atoms with Gasteiger partial charge >= 0.3 is 0 Å². The summed E-state index contributed by atoms with van der Waals surface area (Å²) in [4.78, 5) is 17.1. The minimum atomic E-state index is -0.317. The van der Waals surface area contributed by atoms with E-state index in [9.17, 15) is 10.1 Å². The van der Waals surface area contributed by atoms with Crippen LogP contribution in [-0.2, 0) is 17.1 Å². The van der Waals surface area contributed by atoms with Crippen LogP contribution in [0.3, 0.4) is 0 Å². The smallest absolute Gasteiger partial charge is 0.191 e. The van der Waals surface area contributed by atoms with Crippen LogP contribution < -0.4 is 5.73 Å². The maximum atomic E-state index is 12.4. The summed E-state index contributed by atoms with van der Waals surface area (Å²) in [5.74, 6) is 1.14. The Labute approximate surface area is 203 Å². The number of Topliss-reactive ketones (excluding diaryl/α,β-unsaturated/α-hetero) is 1. The molecular formula is C23H20N6OS3. The first-order chi connectivity index (χ1) is 16.0. The lowest BCUT2D eigenvalue weighted by Crippen LogP contribution is -2.11. The number of fused-ring (bicyclic) bond motifs is 1. The number of ketones is 1. The van der Waals surface area contributed by atoms with E-state index in [1.807, 2.05) is 59.2 Å². The number of hydrogen-bond acceptors (Lipinski definition) is 9. The molecule has 0 saturated heterocycles. The number of thiazole rings is 1. The highest BCUT2D eigenvalue weighted by Gasteiger charge is 2.18. The van der Waals surface area contributed by atoms with E-state index in [1.165, 1.54) is 11.8 Å². The van der Waals surface area contributed by atoms with E-state index in [0.29, 0.717) is 17.5 Å². The molecule has 0 aliphatic heterocycles. The number of carbonyl (C=O) groups is 1. The highest BCUT2D eigenvalue weighted by molar-refractivity contribution is 8.00. The minimum Gasteiger partial charge on any atom is -0.401 e. The standard InChI is InChI=1S/C23H20N6OS3/c1-15(25)17(11-24)19(30)13-31-22-28-27-21(29(22)12-16-7-3-2-4-8-16)14-32-23-26-18-9-5-6-10-20(18)33-23/h2-10H,12-14,25H2,1H3/b17-15+. The topological polar surface area (TPSA) is 110 Å². The Bertz CT molecular complexity index is 1320. The molecule has 10 heteroatoms. The van der Waals surface area contributed by atoms with Crippen LogP contribution in [0.25, 0.3) is 10.2 Å². The summed E-state index contributed by atoms with van der Waals surface area (Å²) in [7, 11) is 0. The fourth-order valence-electron chi connectivity index (χ4n) is 3.07. The molecule has 0 unspecified atom stereocenters. The first-order valence-corrected chi connectivity index (χ1v) is 12.8. The number of carbonyl (C=O) groups excluding carboxylic acids is 1. The molecule has 0 amide bonds. The Morgan fingerprint density at radius 2 is 1.88 bits per heavy atom. The van der Waals surface area contributed by atoms with Crippen LogP contribution in [0.2, 0.25) is 0 Å². The van der Waals surface area contributed by atoms with E-state index < -0.39 is 0 Å². The number of thioether (sulfide) groups is 2. The highest BCUT2D eigenvalue weighted by Crippen LogP contribution is 2.32. The lowest BCUT2D eigenvalue weighted by atomic mass is 10.2. The van der Waals surface area contributed by atoms with Gasteiger partial charge in [-0.15, -0.1) is 21.5 Å². The molecule has 0 aliphatic carbocycles. The van der Waals surface area contributed by atoms with E-state index in [-0.39, 0.29) is 22.8 Å². The maximum Gasteiger partial charge on any atom is 0.191 e. The second-order valence-corrected chi connectivity index (χ2v) is 10.3. The molecule has 2 N–H and O–H groups in total. The Hall–Kier alpha value is -3.13. The van der Waals surface area contributed by atoms with Gasteiger partial charge in [-0.2, -0.15) is 5.26 Å². The van der Waals surface area contributed by atoms with Gasteiger partial charge < -0.3 is 10.3 Å². The van der Waals surface area contributed by atoms with E-state index >= 15 is 0 Å². The van der Waals surface area contributed by atoms with Crippen LogP contribution in [0.15, 0.2) is 75.4 Å². The fourth-order valence-corrected chi connectivity index (χ4v) is 5.91. The highest BCUT2D eigenvalue weighted by atomic mass is 32.2. The van der Waals surface area contributed by atoms with Crippen molar-refractivity contribution in [1.29, 1.82) is 5.26 Å². The second-order valence-electron chi connectivity index (χ2n) is 7.09. The zero-order chi connectivity index (χ0) is 23.2. The Morgan fingerprint density at radius 3 is 2.61 bits per heavy atom. The lowest BCUT2D eigenvalue weighted by Gasteiger charge is -2.10. The van der Waals surface area contributed by atoms with Crippen LogP contribution in [0.1, 0.15) is 18.3 Å². The fraction of sp³-hybridized carbons (Fsp3) is 0.174.